The van der Waals surface area contributed by atoms with Gasteiger partial charge in [0.2, 0.25) is 0 Å². The van der Waals surface area contributed by atoms with Crippen LogP contribution in [0.15, 0.2) is 24.3 Å². The molecule has 3 nitrogen and oxygen atoms in total. The Balaban J connectivity index is 2.96. The summed E-state index contributed by atoms with van der Waals surface area (Å²) in [6.45, 7) is 6.45. The van der Waals surface area contributed by atoms with E-state index in [1.807, 2.05) is 24.3 Å². The van der Waals surface area contributed by atoms with Gasteiger partial charge in [-0.1, -0.05) is 26.0 Å². The molecule has 0 saturated heterocycles. The van der Waals surface area contributed by atoms with Crippen molar-refractivity contribution in [2.75, 3.05) is 19.4 Å². The molecule has 0 heterocycles. The van der Waals surface area contributed by atoms with Gasteiger partial charge in [0.1, 0.15) is 0 Å². The van der Waals surface area contributed by atoms with Crippen molar-refractivity contribution in [3.63, 3.8) is 0 Å². The number of hydrogen-bond donors (Lipinski definition) is 1. The zero-order valence-electron chi connectivity index (χ0n) is 11.3. The Morgan fingerprint density at radius 3 is 2.29 bits per heavy atom. The summed E-state index contributed by atoms with van der Waals surface area (Å²) in [4.78, 5) is 13.6. The van der Waals surface area contributed by atoms with Gasteiger partial charge in [-0.2, -0.15) is 0 Å². The summed E-state index contributed by atoms with van der Waals surface area (Å²) in [5.41, 5.74) is 1.64. The summed E-state index contributed by atoms with van der Waals surface area (Å²) >= 11 is 0. The smallest absolute Gasteiger partial charge is 0.255 e. The summed E-state index contributed by atoms with van der Waals surface area (Å²) in [7, 11) is 3.54. The number of amides is 1. The number of nitrogens with zero attached hydrogens (tertiary/aromatic N) is 1. The first-order chi connectivity index (χ1) is 7.93. The highest BCUT2D eigenvalue weighted by Crippen LogP contribution is 2.19. The second-order valence-electron chi connectivity index (χ2n) is 4.92. The molecule has 1 rings (SSSR count). The van der Waals surface area contributed by atoms with Crippen molar-refractivity contribution in [1.29, 1.82) is 0 Å². The lowest BCUT2D eigenvalue weighted by Gasteiger charge is -2.21. The molecule has 0 spiro atoms. The molecule has 0 fully saturated rings. The summed E-state index contributed by atoms with van der Waals surface area (Å²) in [5.74, 6) is 0.557. The molecule has 0 aliphatic rings. The van der Waals surface area contributed by atoms with Gasteiger partial charge in [0.25, 0.3) is 5.91 Å². The lowest BCUT2D eigenvalue weighted by atomic mass is 10.0. The molecule has 1 aromatic carbocycles. The minimum absolute atomic E-state index is 0.0315. The Morgan fingerprint density at radius 1 is 1.18 bits per heavy atom. The zero-order valence-corrected chi connectivity index (χ0v) is 11.3. The third-order valence-corrected chi connectivity index (χ3v) is 2.95. The molecule has 0 aromatic heterocycles. The van der Waals surface area contributed by atoms with E-state index in [4.69, 9.17) is 0 Å². The van der Waals surface area contributed by atoms with Crippen molar-refractivity contribution in [3.05, 3.63) is 29.8 Å². The van der Waals surface area contributed by atoms with E-state index < -0.39 is 0 Å². The van der Waals surface area contributed by atoms with E-state index in [-0.39, 0.29) is 5.91 Å². The van der Waals surface area contributed by atoms with Crippen LogP contribution >= 0.6 is 0 Å². The molecule has 1 aromatic rings. The fraction of sp³-hybridized carbons (Fsp3) is 0.500. The molecule has 1 N–H and O–H groups in total. The van der Waals surface area contributed by atoms with Crippen LogP contribution in [0.1, 0.15) is 31.1 Å². The first-order valence-corrected chi connectivity index (χ1v) is 6.00. The summed E-state index contributed by atoms with van der Waals surface area (Å²) < 4.78 is 0. The van der Waals surface area contributed by atoms with Crippen molar-refractivity contribution in [3.8, 4) is 0 Å². The number of carbonyl (C=O) groups excluding carboxylic acids is 1. The third-order valence-electron chi connectivity index (χ3n) is 2.95. The Hall–Kier alpha value is -1.51. The van der Waals surface area contributed by atoms with E-state index >= 15 is 0 Å². The van der Waals surface area contributed by atoms with Gasteiger partial charge in [0, 0.05) is 25.8 Å². The molecular formula is C14H22N2O. The Kier molecular flexibility index (Phi) is 4.55. The standard InChI is InChI=1S/C14H22N2O/c1-10(2)11(3)15-13-9-7-6-8-12(13)14(17)16(4)5/h6-11,15H,1-5H3. The van der Waals surface area contributed by atoms with E-state index in [0.717, 1.165) is 11.3 Å². The predicted octanol–water partition coefficient (Wildman–Crippen LogP) is 2.84. The molecular weight excluding hydrogens is 212 g/mol. The highest BCUT2D eigenvalue weighted by atomic mass is 16.2. The zero-order chi connectivity index (χ0) is 13.0. The summed E-state index contributed by atoms with van der Waals surface area (Å²) in [6.07, 6.45) is 0. The van der Waals surface area contributed by atoms with Crippen molar-refractivity contribution < 1.29 is 4.79 Å². The van der Waals surface area contributed by atoms with Crippen LogP contribution in [0.25, 0.3) is 0 Å². The first kappa shape index (κ1) is 13.6. The molecule has 0 bridgehead atoms. The third kappa shape index (κ3) is 3.48. The largest absolute Gasteiger partial charge is 0.382 e. The lowest BCUT2D eigenvalue weighted by molar-refractivity contribution is 0.0828. The molecule has 17 heavy (non-hydrogen) atoms. The minimum Gasteiger partial charge on any atom is -0.382 e. The molecule has 1 unspecified atom stereocenters. The van der Waals surface area contributed by atoms with Crippen LogP contribution in [-0.4, -0.2) is 30.9 Å². The molecule has 0 radical (unpaired) electrons. The van der Waals surface area contributed by atoms with Crippen LogP contribution in [0.5, 0.6) is 0 Å². The van der Waals surface area contributed by atoms with Crippen LogP contribution in [0.3, 0.4) is 0 Å². The predicted molar refractivity (Wildman–Crippen MR) is 72.4 cm³/mol. The fourth-order valence-electron chi connectivity index (χ4n) is 1.45. The molecule has 3 heteroatoms. The van der Waals surface area contributed by atoms with E-state index in [0.29, 0.717) is 12.0 Å². The summed E-state index contributed by atoms with van der Waals surface area (Å²) in [5, 5.41) is 3.40. The SMILES string of the molecule is CC(C)C(C)Nc1ccccc1C(=O)N(C)C. The van der Waals surface area contributed by atoms with Crippen molar-refractivity contribution in [2.24, 2.45) is 5.92 Å². The van der Waals surface area contributed by atoms with E-state index in [1.54, 1.807) is 19.0 Å². The van der Waals surface area contributed by atoms with Gasteiger partial charge >= 0.3 is 0 Å². The number of benzene rings is 1. The van der Waals surface area contributed by atoms with Crippen LogP contribution in [0, 0.1) is 5.92 Å². The van der Waals surface area contributed by atoms with Crippen molar-refractivity contribution in [2.45, 2.75) is 26.8 Å². The molecule has 0 saturated carbocycles. The van der Waals surface area contributed by atoms with E-state index in [9.17, 15) is 4.79 Å². The molecule has 1 atom stereocenters. The van der Waals surface area contributed by atoms with Gasteiger partial charge in [0.05, 0.1) is 5.56 Å². The normalized spacial score (nSPS) is 12.4. The van der Waals surface area contributed by atoms with Gasteiger partial charge in [-0.05, 0) is 25.0 Å². The number of carbonyl (C=O) groups is 1. The Labute approximate surface area is 104 Å². The number of rotatable bonds is 4. The Bertz CT molecular complexity index is 386. The molecule has 94 valence electrons. The van der Waals surface area contributed by atoms with Gasteiger partial charge in [-0.15, -0.1) is 0 Å². The van der Waals surface area contributed by atoms with Crippen LogP contribution in [0.4, 0.5) is 5.69 Å². The maximum absolute atomic E-state index is 12.0. The van der Waals surface area contributed by atoms with Crippen LogP contribution in [-0.2, 0) is 0 Å². The van der Waals surface area contributed by atoms with Gasteiger partial charge in [-0.25, -0.2) is 0 Å². The van der Waals surface area contributed by atoms with Crippen molar-refractivity contribution >= 4 is 11.6 Å². The molecule has 1 amide bonds. The minimum atomic E-state index is 0.0315. The molecule has 0 aliphatic heterocycles. The van der Waals surface area contributed by atoms with E-state index in [2.05, 4.69) is 26.1 Å². The van der Waals surface area contributed by atoms with Gasteiger partial charge in [0.15, 0.2) is 0 Å². The maximum atomic E-state index is 12.0. The quantitative estimate of drug-likeness (QED) is 0.868. The number of nitrogens with one attached hydrogen (secondary N) is 1. The first-order valence-electron chi connectivity index (χ1n) is 6.00. The monoisotopic (exact) mass is 234 g/mol. The maximum Gasteiger partial charge on any atom is 0.255 e. The van der Waals surface area contributed by atoms with Crippen LogP contribution in [0.2, 0.25) is 0 Å². The number of para-hydroxylation sites is 1. The number of hydrogen-bond acceptors (Lipinski definition) is 2. The average Bonchev–Trinajstić information content (AvgIpc) is 2.28. The second-order valence-corrected chi connectivity index (χ2v) is 4.92. The van der Waals surface area contributed by atoms with Crippen molar-refractivity contribution in [1.82, 2.24) is 4.90 Å². The Morgan fingerprint density at radius 2 is 1.76 bits per heavy atom. The van der Waals surface area contributed by atoms with Crippen LogP contribution < -0.4 is 5.32 Å². The lowest BCUT2D eigenvalue weighted by Crippen LogP contribution is -2.26. The molecule has 0 aliphatic carbocycles. The fourth-order valence-corrected chi connectivity index (χ4v) is 1.45. The van der Waals surface area contributed by atoms with Gasteiger partial charge in [-0.3, -0.25) is 4.79 Å². The number of anilines is 1. The van der Waals surface area contributed by atoms with Gasteiger partial charge < -0.3 is 10.2 Å². The highest BCUT2D eigenvalue weighted by molar-refractivity contribution is 5.99. The topological polar surface area (TPSA) is 32.3 Å². The second kappa shape index (κ2) is 5.71. The average molecular weight is 234 g/mol. The highest BCUT2D eigenvalue weighted by Gasteiger charge is 2.15. The van der Waals surface area contributed by atoms with E-state index in [1.165, 1.54) is 0 Å². The summed E-state index contributed by atoms with van der Waals surface area (Å²) in [6, 6.07) is 7.99.